The van der Waals surface area contributed by atoms with Crippen LogP contribution in [0.2, 0.25) is 0 Å². The van der Waals surface area contributed by atoms with E-state index in [1.165, 1.54) is 18.5 Å². The van der Waals surface area contributed by atoms with Gasteiger partial charge < -0.3 is 21.1 Å². The van der Waals surface area contributed by atoms with Gasteiger partial charge in [0.05, 0.1) is 30.3 Å². The van der Waals surface area contributed by atoms with E-state index in [4.69, 9.17) is 5.11 Å². The normalized spacial score (nSPS) is 11.8. The van der Waals surface area contributed by atoms with Crippen LogP contribution >= 0.6 is 11.3 Å². The number of hydrogen-bond donors (Lipinski definition) is 4. The molecule has 0 radical (unpaired) electrons. The van der Waals surface area contributed by atoms with Crippen molar-refractivity contribution in [2.75, 3.05) is 23.8 Å². The first-order valence-corrected chi connectivity index (χ1v) is 13.3. The molecule has 1 atom stereocenters. The number of pyridine rings is 1. The second kappa shape index (κ2) is 12.0. The molecule has 39 heavy (non-hydrogen) atoms. The maximum atomic E-state index is 13.3. The molecule has 0 spiro atoms. The number of thiophene rings is 1. The standard InChI is InChI=1S/C29H27FN6O2S/c1-18(19-4-7-21(30)8-5-19)36-29(38)23-3-2-12-31-27(23)33-16-22-9-11-26(39-22)20-6-10-25-24(15-20)28(32-13-14-37)35-17-34-25/h2-12,15,17-18,37H,13-14,16H2,1H3,(H,31,33)(H,36,38)(H,32,34,35). The molecule has 198 valence electrons. The molecule has 0 aliphatic carbocycles. The van der Waals surface area contributed by atoms with Crippen molar-refractivity contribution >= 4 is 39.8 Å². The Morgan fingerprint density at radius 3 is 2.67 bits per heavy atom. The number of anilines is 2. The van der Waals surface area contributed by atoms with Gasteiger partial charge in [-0.1, -0.05) is 18.2 Å². The molecule has 0 aliphatic heterocycles. The van der Waals surface area contributed by atoms with E-state index in [0.29, 0.717) is 30.3 Å². The molecule has 0 fully saturated rings. The number of carbonyl (C=O) groups is 1. The van der Waals surface area contributed by atoms with Crippen LogP contribution in [0.25, 0.3) is 21.3 Å². The molecule has 10 heteroatoms. The van der Waals surface area contributed by atoms with E-state index >= 15 is 0 Å². The summed E-state index contributed by atoms with van der Waals surface area (Å²) in [5.74, 6) is 0.586. The van der Waals surface area contributed by atoms with Crippen molar-refractivity contribution in [1.29, 1.82) is 0 Å². The minimum Gasteiger partial charge on any atom is -0.395 e. The highest BCUT2D eigenvalue weighted by Gasteiger charge is 2.16. The van der Waals surface area contributed by atoms with Crippen LogP contribution in [-0.2, 0) is 6.54 Å². The fourth-order valence-electron chi connectivity index (χ4n) is 4.16. The van der Waals surface area contributed by atoms with Crippen molar-refractivity contribution in [3.05, 3.63) is 101 Å². The van der Waals surface area contributed by atoms with E-state index in [1.54, 1.807) is 41.8 Å². The van der Waals surface area contributed by atoms with Crippen LogP contribution in [0.15, 0.2) is 79.3 Å². The van der Waals surface area contributed by atoms with Crippen molar-refractivity contribution < 1.29 is 14.3 Å². The number of hydrogen-bond acceptors (Lipinski definition) is 8. The quantitative estimate of drug-likeness (QED) is 0.187. The highest BCUT2D eigenvalue weighted by atomic mass is 32.1. The summed E-state index contributed by atoms with van der Waals surface area (Å²) < 4.78 is 13.3. The lowest BCUT2D eigenvalue weighted by atomic mass is 10.1. The summed E-state index contributed by atoms with van der Waals surface area (Å²) in [6, 6.07) is 19.4. The number of amides is 1. The van der Waals surface area contributed by atoms with Gasteiger partial charge in [0.1, 0.15) is 23.8 Å². The number of halogens is 1. The van der Waals surface area contributed by atoms with E-state index in [2.05, 4.69) is 37.0 Å². The summed E-state index contributed by atoms with van der Waals surface area (Å²) in [6.45, 7) is 2.77. The number of nitrogens with zero attached hydrogens (tertiary/aromatic N) is 3. The van der Waals surface area contributed by atoms with Crippen LogP contribution in [-0.4, -0.2) is 39.1 Å². The molecule has 4 N–H and O–H groups in total. The lowest BCUT2D eigenvalue weighted by Crippen LogP contribution is -2.27. The Labute approximate surface area is 229 Å². The van der Waals surface area contributed by atoms with Gasteiger partial charge in [0.2, 0.25) is 0 Å². The van der Waals surface area contributed by atoms with Crippen LogP contribution in [0, 0.1) is 5.82 Å². The van der Waals surface area contributed by atoms with Gasteiger partial charge >= 0.3 is 0 Å². The zero-order chi connectivity index (χ0) is 27.2. The van der Waals surface area contributed by atoms with Crippen molar-refractivity contribution in [2.45, 2.75) is 19.5 Å². The number of fused-ring (bicyclic) bond motifs is 1. The summed E-state index contributed by atoms with van der Waals surface area (Å²) in [4.78, 5) is 28.2. The van der Waals surface area contributed by atoms with Crippen LogP contribution in [0.3, 0.4) is 0 Å². The molecule has 5 rings (SSSR count). The average molecular weight is 543 g/mol. The number of carbonyl (C=O) groups excluding carboxylic acids is 1. The van der Waals surface area contributed by atoms with Crippen molar-refractivity contribution in [3.63, 3.8) is 0 Å². The number of rotatable bonds is 10. The first-order chi connectivity index (χ1) is 19.0. The SMILES string of the molecule is CC(NC(=O)c1cccnc1NCc1ccc(-c2ccc3ncnc(NCCO)c3c2)s1)c1ccc(F)cc1. The predicted molar refractivity (Wildman–Crippen MR) is 152 cm³/mol. The predicted octanol–water partition coefficient (Wildman–Crippen LogP) is 5.40. The Kier molecular flexibility index (Phi) is 8.04. The van der Waals surface area contributed by atoms with Gasteiger partial charge in [0, 0.05) is 27.9 Å². The Balaban J connectivity index is 1.28. The molecule has 1 amide bonds. The van der Waals surface area contributed by atoms with Crippen LogP contribution in [0.5, 0.6) is 0 Å². The number of nitrogens with one attached hydrogen (secondary N) is 3. The number of benzene rings is 2. The first-order valence-electron chi connectivity index (χ1n) is 12.5. The Morgan fingerprint density at radius 2 is 1.85 bits per heavy atom. The van der Waals surface area contributed by atoms with E-state index in [9.17, 15) is 9.18 Å². The Morgan fingerprint density at radius 1 is 1.00 bits per heavy atom. The van der Waals surface area contributed by atoms with Gasteiger partial charge in [-0.2, -0.15) is 0 Å². The van der Waals surface area contributed by atoms with Crippen molar-refractivity contribution in [3.8, 4) is 10.4 Å². The largest absolute Gasteiger partial charge is 0.395 e. The van der Waals surface area contributed by atoms with Gasteiger partial charge in [0.15, 0.2) is 0 Å². The monoisotopic (exact) mass is 542 g/mol. The third-order valence-electron chi connectivity index (χ3n) is 6.19. The highest BCUT2D eigenvalue weighted by Crippen LogP contribution is 2.32. The number of aliphatic hydroxyl groups is 1. The molecular weight excluding hydrogens is 515 g/mol. The van der Waals surface area contributed by atoms with Gasteiger partial charge in [-0.3, -0.25) is 4.79 Å². The summed E-state index contributed by atoms with van der Waals surface area (Å²) in [5.41, 5.74) is 3.10. The third kappa shape index (κ3) is 6.19. The highest BCUT2D eigenvalue weighted by molar-refractivity contribution is 7.15. The number of aromatic nitrogens is 3. The molecule has 0 saturated carbocycles. The van der Waals surface area contributed by atoms with E-state index in [0.717, 1.165) is 31.8 Å². The fraction of sp³-hybridized carbons (Fsp3) is 0.172. The molecule has 0 aliphatic rings. The van der Waals surface area contributed by atoms with E-state index in [-0.39, 0.29) is 24.4 Å². The topological polar surface area (TPSA) is 112 Å². The average Bonchev–Trinajstić information content (AvgIpc) is 3.44. The zero-order valence-corrected chi connectivity index (χ0v) is 22.0. The van der Waals surface area contributed by atoms with Crippen LogP contribution in [0.4, 0.5) is 16.0 Å². The van der Waals surface area contributed by atoms with Gasteiger partial charge in [0.25, 0.3) is 5.91 Å². The van der Waals surface area contributed by atoms with E-state index < -0.39 is 0 Å². The Hall–Kier alpha value is -4.41. The molecule has 8 nitrogen and oxygen atoms in total. The minimum absolute atomic E-state index is 0.0133. The first kappa shape index (κ1) is 26.2. The summed E-state index contributed by atoms with van der Waals surface area (Å²) >= 11 is 1.64. The molecular formula is C29H27FN6O2S. The lowest BCUT2D eigenvalue weighted by molar-refractivity contribution is 0.0940. The molecule has 0 saturated heterocycles. The summed E-state index contributed by atoms with van der Waals surface area (Å²) in [6.07, 6.45) is 3.15. The summed E-state index contributed by atoms with van der Waals surface area (Å²) in [7, 11) is 0. The molecule has 3 heterocycles. The maximum Gasteiger partial charge on any atom is 0.255 e. The van der Waals surface area contributed by atoms with Gasteiger partial charge in [-0.05, 0) is 66.6 Å². The molecule has 1 unspecified atom stereocenters. The maximum absolute atomic E-state index is 13.3. The third-order valence-corrected chi connectivity index (χ3v) is 7.32. The molecule has 0 bridgehead atoms. The van der Waals surface area contributed by atoms with Crippen LogP contribution in [0.1, 0.15) is 33.8 Å². The molecule has 5 aromatic rings. The van der Waals surface area contributed by atoms with Crippen molar-refractivity contribution in [1.82, 2.24) is 20.3 Å². The summed E-state index contributed by atoms with van der Waals surface area (Å²) in [5, 5.41) is 19.4. The van der Waals surface area contributed by atoms with Crippen molar-refractivity contribution in [2.24, 2.45) is 0 Å². The van der Waals surface area contributed by atoms with Gasteiger partial charge in [-0.15, -0.1) is 11.3 Å². The minimum atomic E-state index is -0.317. The molecule has 2 aromatic carbocycles. The number of aliphatic hydroxyl groups excluding tert-OH is 1. The second-order valence-corrected chi connectivity index (χ2v) is 10.0. The smallest absolute Gasteiger partial charge is 0.255 e. The van der Waals surface area contributed by atoms with E-state index in [1.807, 2.05) is 31.2 Å². The fourth-order valence-corrected chi connectivity index (χ4v) is 5.11. The molecule has 3 aromatic heterocycles. The Bertz CT molecular complexity index is 1590. The second-order valence-electron chi connectivity index (χ2n) is 8.87. The van der Waals surface area contributed by atoms with Crippen LogP contribution < -0.4 is 16.0 Å². The zero-order valence-electron chi connectivity index (χ0n) is 21.2. The van der Waals surface area contributed by atoms with Gasteiger partial charge in [-0.25, -0.2) is 19.3 Å². The lowest BCUT2D eigenvalue weighted by Gasteiger charge is -2.16.